The summed E-state index contributed by atoms with van der Waals surface area (Å²) in [5.74, 6) is -1.45. The number of aliphatic hydroxyl groups is 1. The van der Waals surface area contributed by atoms with Gasteiger partial charge in [0.05, 0.1) is 27.8 Å². The largest absolute Gasteiger partial charge is 0.396 e. The molecule has 6 nitrogen and oxygen atoms in total. The summed E-state index contributed by atoms with van der Waals surface area (Å²) in [6.07, 6.45) is 1.47. The summed E-state index contributed by atoms with van der Waals surface area (Å²) in [6.45, 7) is 1.28. The van der Waals surface area contributed by atoms with Crippen molar-refractivity contribution in [1.82, 2.24) is 9.97 Å². The first-order valence-electron chi connectivity index (χ1n) is 8.88. The van der Waals surface area contributed by atoms with Gasteiger partial charge in [-0.05, 0) is 30.9 Å². The molecule has 2 aromatic rings. The molecule has 1 saturated heterocycles. The van der Waals surface area contributed by atoms with E-state index in [9.17, 15) is 22.3 Å². The summed E-state index contributed by atoms with van der Waals surface area (Å²) in [6, 6.07) is 1.77. The Labute approximate surface area is 166 Å². The van der Waals surface area contributed by atoms with E-state index in [0.717, 1.165) is 25.0 Å². The maximum absolute atomic E-state index is 14.4. The Kier molecular flexibility index (Phi) is 5.01. The van der Waals surface area contributed by atoms with Crippen molar-refractivity contribution in [3.63, 3.8) is 0 Å². The Bertz CT molecular complexity index is 1040. The fourth-order valence-corrected chi connectivity index (χ4v) is 5.31. The van der Waals surface area contributed by atoms with E-state index in [0.29, 0.717) is 30.2 Å². The summed E-state index contributed by atoms with van der Waals surface area (Å²) < 4.78 is 52.6. The molecule has 0 bridgehead atoms. The molecule has 1 N–H and O–H groups in total. The number of nitrogens with zero attached hydrogens (tertiary/aromatic N) is 3. The number of benzene rings is 1. The van der Waals surface area contributed by atoms with E-state index >= 15 is 0 Å². The number of hydrogen-bond donors (Lipinski definition) is 1. The minimum atomic E-state index is -3.36. The lowest BCUT2D eigenvalue weighted by molar-refractivity contribution is 0.202. The number of anilines is 1. The monoisotopic (exact) mass is 429 g/mol. The van der Waals surface area contributed by atoms with Crippen molar-refractivity contribution in [2.45, 2.75) is 24.3 Å². The van der Waals surface area contributed by atoms with Gasteiger partial charge in [-0.15, -0.1) is 0 Å². The molecule has 1 aromatic heterocycles. The molecule has 0 amide bonds. The second kappa shape index (κ2) is 7.20. The Morgan fingerprint density at radius 3 is 2.54 bits per heavy atom. The van der Waals surface area contributed by atoms with E-state index in [1.54, 1.807) is 0 Å². The molecule has 28 heavy (non-hydrogen) atoms. The lowest BCUT2D eigenvalue weighted by Crippen LogP contribution is -2.36. The number of rotatable bonds is 3. The minimum Gasteiger partial charge on any atom is -0.396 e. The normalized spacial score (nSPS) is 19.1. The summed E-state index contributed by atoms with van der Waals surface area (Å²) in [4.78, 5) is 10.6. The number of halogens is 3. The van der Waals surface area contributed by atoms with Crippen molar-refractivity contribution in [3.8, 4) is 11.4 Å². The van der Waals surface area contributed by atoms with Crippen LogP contribution in [0.2, 0.25) is 5.02 Å². The highest BCUT2D eigenvalue weighted by molar-refractivity contribution is 7.90. The van der Waals surface area contributed by atoms with Crippen LogP contribution in [0.5, 0.6) is 0 Å². The smallest absolute Gasteiger partial charge is 0.164 e. The highest BCUT2D eigenvalue weighted by atomic mass is 35.5. The molecule has 0 unspecified atom stereocenters. The van der Waals surface area contributed by atoms with Gasteiger partial charge in [0, 0.05) is 25.3 Å². The van der Waals surface area contributed by atoms with E-state index < -0.39 is 21.5 Å². The van der Waals surface area contributed by atoms with Gasteiger partial charge in [-0.2, -0.15) is 0 Å². The number of sulfone groups is 1. The summed E-state index contributed by atoms with van der Waals surface area (Å²) >= 11 is 5.62. The molecule has 3 heterocycles. The van der Waals surface area contributed by atoms with Gasteiger partial charge in [-0.25, -0.2) is 27.2 Å². The number of aliphatic hydroxyl groups excluding tert-OH is 1. The average molecular weight is 430 g/mol. The molecule has 1 fully saturated rings. The van der Waals surface area contributed by atoms with Crippen LogP contribution in [0.3, 0.4) is 0 Å². The highest BCUT2D eigenvalue weighted by Crippen LogP contribution is 2.36. The fraction of sp³-hybridized carbons (Fsp3) is 0.444. The van der Waals surface area contributed by atoms with E-state index in [2.05, 4.69) is 9.97 Å². The van der Waals surface area contributed by atoms with Gasteiger partial charge in [0.1, 0.15) is 17.5 Å². The van der Waals surface area contributed by atoms with Gasteiger partial charge in [-0.1, -0.05) is 11.6 Å². The van der Waals surface area contributed by atoms with Crippen LogP contribution < -0.4 is 4.90 Å². The van der Waals surface area contributed by atoms with Crippen LogP contribution in [0, 0.1) is 17.6 Å². The maximum Gasteiger partial charge on any atom is 0.164 e. The van der Waals surface area contributed by atoms with Crippen LogP contribution in [0.4, 0.5) is 14.6 Å². The van der Waals surface area contributed by atoms with Crippen LogP contribution in [-0.4, -0.2) is 43.2 Å². The molecule has 150 valence electrons. The molecule has 10 heteroatoms. The molecular formula is C18H18ClF2N3O3S. The molecule has 2 aliphatic rings. The molecule has 4 rings (SSSR count). The van der Waals surface area contributed by atoms with E-state index in [1.807, 2.05) is 4.90 Å². The maximum atomic E-state index is 14.4. The van der Waals surface area contributed by atoms with Gasteiger partial charge < -0.3 is 10.0 Å². The molecule has 0 saturated carbocycles. The van der Waals surface area contributed by atoms with Crippen LogP contribution >= 0.6 is 11.6 Å². The van der Waals surface area contributed by atoms with Crippen molar-refractivity contribution in [2.24, 2.45) is 5.92 Å². The fourth-order valence-electron chi connectivity index (χ4n) is 3.67. The Balaban J connectivity index is 1.82. The first-order chi connectivity index (χ1) is 13.3. The number of fused-ring (bicyclic) bond motifs is 1. The topological polar surface area (TPSA) is 83.4 Å². The van der Waals surface area contributed by atoms with E-state index in [-0.39, 0.29) is 40.4 Å². The molecular weight excluding hydrogens is 412 g/mol. The van der Waals surface area contributed by atoms with Gasteiger partial charge in [0.25, 0.3) is 0 Å². The second-order valence-electron chi connectivity index (χ2n) is 7.19. The van der Waals surface area contributed by atoms with Crippen molar-refractivity contribution in [1.29, 1.82) is 0 Å². The van der Waals surface area contributed by atoms with Crippen LogP contribution in [0.25, 0.3) is 11.4 Å². The average Bonchev–Trinajstić information content (AvgIpc) is 2.97. The third-order valence-electron chi connectivity index (χ3n) is 5.21. The lowest BCUT2D eigenvalue weighted by Gasteiger charge is -2.33. The van der Waals surface area contributed by atoms with Crippen molar-refractivity contribution < 1.29 is 22.3 Å². The SMILES string of the molecule is O=S1(=O)Cc2nc(-c3cc(F)c(Cl)cc3F)nc(N3CCC(CO)CC3)c2C1. The van der Waals surface area contributed by atoms with Gasteiger partial charge >= 0.3 is 0 Å². The summed E-state index contributed by atoms with van der Waals surface area (Å²) in [5.41, 5.74) is 0.667. The zero-order valence-electron chi connectivity index (χ0n) is 14.8. The van der Waals surface area contributed by atoms with E-state index in [1.165, 1.54) is 0 Å². The highest BCUT2D eigenvalue weighted by Gasteiger charge is 2.33. The quantitative estimate of drug-likeness (QED) is 0.755. The first kappa shape index (κ1) is 19.5. The van der Waals surface area contributed by atoms with Crippen molar-refractivity contribution in [2.75, 3.05) is 24.6 Å². The standard InChI is InChI=1S/C18H18ClF2N3O3S/c19-13-6-14(20)11(5-15(13)21)17-22-16-9-28(26,27)8-12(16)18(23-17)24-3-1-10(7-25)2-4-24/h5-6,10,25H,1-4,7-9H2. The lowest BCUT2D eigenvalue weighted by atomic mass is 9.97. The third-order valence-corrected chi connectivity index (χ3v) is 6.95. The van der Waals surface area contributed by atoms with Crippen molar-refractivity contribution in [3.05, 3.63) is 40.0 Å². The van der Waals surface area contributed by atoms with E-state index in [4.69, 9.17) is 11.6 Å². The van der Waals surface area contributed by atoms with Gasteiger partial charge in [-0.3, -0.25) is 0 Å². The van der Waals surface area contributed by atoms with Gasteiger partial charge in [0.15, 0.2) is 15.7 Å². The zero-order valence-corrected chi connectivity index (χ0v) is 16.4. The van der Waals surface area contributed by atoms with Crippen LogP contribution in [-0.2, 0) is 21.3 Å². The van der Waals surface area contributed by atoms with Crippen molar-refractivity contribution >= 4 is 27.3 Å². The predicted octanol–water partition coefficient (Wildman–Crippen LogP) is 2.71. The number of piperidine rings is 1. The summed E-state index contributed by atoms with van der Waals surface area (Å²) in [5, 5.41) is 8.98. The second-order valence-corrected chi connectivity index (χ2v) is 9.66. The zero-order chi connectivity index (χ0) is 20.1. The molecule has 0 radical (unpaired) electrons. The number of hydrogen-bond acceptors (Lipinski definition) is 6. The Hall–Kier alpha value is -1.84. The van der Waals surface area contributed by atoms with Gasteiger partial charge in [0.2, 0.25) is 0 Å². The summed E-state index contributed by atoms with van der Waals surface area (Å²) in [7, 11) is -3.36. The van der Waals surface area contributed by atoms with Crippen LogP contribution in [0.1, 0.15) is 24.1 Å². The third kappa shape index (κ3) is 3.58. The Morgan fingerprint density at radius 1 is 1.14 bits per heavy atom. The molecule has 0 atom stereocenters. The first-order valence-corrected chi connectivity index (χ1v) is 11.1. The van der Waals surface area contributed by atoms with Crippen LogP contribution in [0.15, 0.2) is 12.1 Å². The molecule has 0 spiro atoms. The Morgan fingerprint density at radius 2 is 1.86 bits per heavy atom. The minimum absolute atomic E-state index is 0.0665. The molecule has 2 aliphatic heterocycles. The number of aromatic nitrogens is 2. The molecule has 1 aromatic carbocycles. The predicted molar refractivity (Wildman–Crippen MR) is 101 cm³/mol. The molecule has 0 aliphatic carbocycles.